The zero-order chi connectivity index (χ0) is 23.3. The molecule has 7 aromatic rings. The molecule has 1 aliphatic carbocycles. The molecule has 0 saturated carbocycles. The number of fused-ring (bicyclic) bond motifs is 9. The van der Waals surface area contributed by atoms with Crippen molar-refractivity contribution in [3.63, 3.8) is 0 Å². The number of pyridine rings is 1. The van der Waals surface area contributed by atoms with Crippen LogP contribution < -0.4 is 0 Å². The van der Waals surface area contributed by atoms with Crippen molar-refractivity contribution in [1.82, 2.24) is 14.2 Å². The van der Waals surface area contributed by atoms with Crippen LogP contribution in [-0.2, 0) is 5.41 Å². The summed E-state index contributed by atoms with van der Waals surface area (Å²) in [4.78, 5) is 0. The molecule has 8 rings (SSSR count). The van der Waals surface area contributed by atoms with Crippen LogP contribution in [0.3, 0.4) is 0 Å². The van der Waals surface area contributed by atoms with E-state index in [4.69, 9.17) is 5.10 Å². The first-order valence-corrected chi connectivity index (χ1v) is 12.2. The molecule has 3 heteroatoms. The minimum Gasteiger partial charge on any atom is -0.292 e. The molecule has 0 saturated heterocycles. The van der Waals surface area contributed by atoms with Crippen LogP contribution in [0.15, 0.2) is 103 Å². The van der Waals surface area contributed by atoms with Crippen molar-refractivity contribution in [2.75, 3.05) is 0 Å². The van der Waals surface area contributed by atoms with Crippen molar-refractivity contribution in [2.24, 2.45) is 0 Å². The number of nitrogens with zero attached hydrogens (tertiary/aromatic N) is 3. The third-order valence-corrected chi connectivity index (χ3v) is 7.93. The summed E-state index contributed by atoms with van der Waals surface area (Å²) in [5, 5.41) is 8.86. The van der Waals surface area contributed by atoms with Gasteiger partial charge in [-0.2, -0.15) is 0 Å². The minimum absolute atomic E-state index is 0.0225. The van der Waals surface area contributed by atoms with Crippen LogP contribution >= 0.6 is 0 Å². The second kappa shape index (κ2) is 6.39. The number of benzene rings is 4. The Balaban J connectivity index is 1.50. The Labute approximate surface area is 202 Å². The number of para-hydroxylation sites is 2. The van der Waals surface area contributed by atoms with E-state index in [0.717, 1.165) is 16.9 Å². The molecule has 35 heavy (non-hydrogen) atoms. The van der Waals surface area contributed by atoms with E-state index in [9.17, 15) is 0 Å². The van der Waals surface area contributed by atoms with Crippen LogP contribution in [-0.4, -0.2) is 14.2 Å². The van der Waals surface area contributed by atoms with Gasteiger partial charge in [-0.3, -0.25) is 4.57 Å². The second-order valence-electron chi connectivity index (χ2n) is 10.2. The van der Waals surface area contributed by atoms with E-state index in [0.29, 0.717) is 0 Å². The molecule has 0 N–H and O–H groups in total. The van der Waals surface area contributed by atoms with Crippen LogP contribution in [0.5, 0.6) is 0 Å². The highest BCUT2D eigenvalue weighted by Crippen LogP contribution is 2.50. The molecule has 3 heterocycles. The molecule has 0 unspecified atom stereocenters. The van der Waals surface area contributed by atoms with E-state index in [1.54, 1.807) is 0 Å². The van der Waals surface area contributed by atoms with Crippen molar-refractivity contribution in [1.29, 1.82) is 0 Å². The third kappa shape index (κ3) is 2.37. The van der Waals surface area contributed by atoms with Crippen molar-refractivity contribution in [3.05, 3.63) is 114 Å². The molecule has 0 atom stereocenters. The number of aromatic nitrogens is 3. The molecule has 166 valence electrons. The second-order valence-corrected chi connectivity index (χ2v) is 10.2. The summed E-state index contributed by atoms with van der Waals surface area (Å²) in [5.41, 5.74) is 10.0. The van der Waals surface area contributed by atoms with E-state index in [1.807, 2.05) is 0 Å². The van der Waals surface area contributed by atoms with Crippen LogP contribution in [0.1, 0.15) is 25.0 Å². The standard InChI is InChI=1S/C32H23N3/c1-32(2)26-12-6-4-10-22(26)24-19-30-25(18-27(24)32)23-11-5-8-14-29(23)34(30)31-17-21-16-15-20-9-3-7-13-28(20)35(21)33-31/h3-19H,1-2H3. The first kappa shape index (κ1) is 19.0. The third-order valence-electron chi connectivity index (χ3n) is 7.93. The SMILES string of the molecule is CC1(C)c2ccccc2-c2cc3c(cc21)c1ccccc1n3-c1cc2ccc3ccccc3n2n1. The van der Waals surface area contributed by atoms with Gasteiger partial charge in [0.2, 0.25) is 0 Å². The number of hydrogen-bond donors (Lipinski definition) is 0. The van der Waals surface area contributed by atoms with Gasteiger partial charge in [0.25, 0.3) is 0 Å². The van der Waals surface area contributed by atoms with Crippen molar-refractivity contribution < 1.29 is 0 Å². The maximum absolute atomic E-state index is 5.13. The van der Waals surface area contributed by atoms with Gasteiger partial charge in [0, 0.05) is 27.6 Å². The summed E-state index contributed by atoms with van der Waals surface area (Å²) in [6, 6.07) is 37.3. The Bertz CT molecular complexity index is 1980. The Morgan fingerprint density at radius 2 is 1.37 bits per heavy atom. The van der Waals surface area contributed by atoms with E-state index >= 15 is 0 Å². The number of rotatable bonds is 1. The zero-order valence-electron chi connectivity index (χ0n) is 19.7. The fraction of sp³-hybridized carbons (Fsp3) is 0.0938. The first-order chi connectivity index (χ1) is 17.1. The predicted molar refractivity (Wildman–Crippen MR) is 145 cm³/mol. The Hall–Kier alpha value is -4.37. The van der Waals surface area contributed by atoms with Crippen LogP contribution in [0.2, 0.25) is 0 Å². The van der Waals surface area contributed by atoms with Gasteiger partial charge in [-0.05, 0) is 52.6 Å². The van der Waals surface area contributed by atoms with Crippen LogP contribution in [0.4, 0.5) is 0 Å². The lowest BCUT2D eigenvalue weighted by molar-refractivity contribution is 0.661. The highest BCUT2D eigenvalue weighted by molar-refractivity contribution is 6.11. The van der Waals surface area contributed by atoms with Gasteiger partial charge in [0.05, 0.1) is 22.1 Å². The van der Waals surface area contributed by atoms with Crippen LogP contribution in [0.25, 0.3) is 55.2 Å². The predicted octanol–water partition coefficient (Wildman–Crippen LogP) is 7.89. The maximum Gasteiger partial charge on any atom is 0.160 e. The lowest BCUT2D eigenvalue weighted by Crippen LogP contribution is -2.14. The van der Waals surface area contributed by atoms with Crippen molar-refractivity contribution in [3.8, 4) is 16.9 Å². The number of hydrogen-bond acceptors (Lipinski definition) is 1. The van der Waals surface area contributed by atoms with Gasteiger partial charge in [0.1, 0.15) is 0 Å². The van der Waals surface area contributed by atoms with E-state index in [2.05, 4.69) is 126 Å². The lowest BCUT2D eigenvalue weighted by atomic mass is 9.82. The monoisotopic (exact) mass is 449 g/mol. The summed E-state index contributed by atoms with van der Waals surface area (Å²) in [6.07, 6.45) is 0. The molecule has 0 aliphatic heterocycles. The Morgan fingerprint density at radius 3 is 2.29 bits per heavy atom. The molecule has 0 fully saturated rings. The quantitative estimate of drug-likeness (QED) is 0.250. The summed E-state index contributed by atoms with van der Waals surface area (Å²) < 4.78 is 4.40. The minimum atomic E-state index is -0.0225. The van der Waals surface area contributed by atoms with E-state index < -0.39 is 0 Å². The molecule has 4 aromatic carbocycles. The Kier molecular flexibility index (Phi) is 3.47. The summed E-state index contributed by atoms with van der Waals surface area (Å²) in [5.74, 6) is 0.943. The molecular weight excluding hydrogens is 426 g/mol. The van der Waals surface area contributed by atoms with E-state index in [-0.39, 0.29) is 5.41 Å². The van der Waals surface area contributed by atoms with Gasteiger partial charge >= 0.3 is 0 Å². The van der Waals surface area contributed by atoms with Crippen molar-refractivity contribution in [2.45, 2.75) is 19.3 Å². The van der Waals surface area contributed by atoms with Gasteiger partial charge < -0.3 is 0 Å². The molecule has 3 aromatic heterocycles. The first-order valence-electron chi connectivity index (χ1n) is 12.2. The summed E-state index contributed by atoms with van der Waals surface area (Å²) >= 11 is 0. The lowest BCUT2D eigenvalue weighted by Gasteiger charge is -2.21. The fourth-order valence-electron chi connectivity index (χ4n) is 6.21. The highest BCUT2D eigenvalue weighted by atomic mass is 15.3. The smallest absolute Gasteiger partial charge is 0.160 e. The molecule has 0 spiro atoms. The average Bonchev–Trinajstić information content (AvgIpc) is 3.52. The molecule has 0 bridgehead atoms. The van der Waals surface area contributed by atoms with E-state index in [1.165, 1.54) is 49.4 Å². The van der Waals surface area contributed by atoms with Crippen LogP contribution in [0, 0.1) is 0 Å². The van der Waals surface area contributed by atoms with Gasteiger partial charge in [0.15, 0.2) is 5.82 Å². The highest BCUT2D eigenvalue weighted by Gasteiger charge is 2.36. The molecule has 1 aliphatic rings. The fourth-order valence-corrected chi connectivity index (χ4v) is 6.21. The normalized spacial score (nSPS) is 14.2. The average molecular weight is 450 g/mol. The molecule has 0 amide bonds. The zero-order valence-corrected chi connectivity index (χ0v) is 19.7. The van der Waals surface area contributed by atoms with Gasteiger partial charge in [-0.15, -0.1) is 5.10 Å². The molecular formula is C32H23N3. The van der Waals surface area contributed by atoms with Gasteiger partial charge in [-0.1, -0.05) is 80.6 Å². The van der Waals surface area contributed by atoms with Gasteiger partial charge in [-0.25, -0.2) is 4.52 Å². The summed E-state index contributed by atoms with van der Waals surface area (Å²) in [6.45, 7) is 4.69. The molecule has 0 radical (unpaired) electrons. The largest absolute Gasteiger partial charge is 0.292 e. The Morgan fingerprint density at radius 1 is 0.600 bits per heavy atom. The van der Waals surface area contributed by atoms with Crippen molar-refractivity contribution >= 4 is 38.2 Å². The molecule has 3 nitrogen and oxygen atoms in total. The summed E-state index contributed by atoms with van der Waals surface area (Å²) in [7, 11) is 0. The topological polar surface area (TPSA) is 22.2 Å². The maximum atomic E-state index is 5.13.